The van der Waals surface area contributed by atoms with Gasteiger partial charge in [-0.1, -0.05) is 23.2 Å². The van der Waals surface area contributed by atoms with Gasteiger partial charge in [-0.05, 0) is 29.6 Å². The zero-order valence-electron chi connectivity index (χ0n) is 10.6. The fraction of sp³-hybridized carbons (Fsp3) is 0.0769. The molecule has 0 aliphatic carbocycles. The molecule has 0 aliphatic heterocycles. The smallest absolute Gasteiger partial charge is 0.262 e. The molecule has 0 radical (unpaired) electrons. The van der Waals surface area contributed by atoms with Crippen LogP contribution in [-0.2, 0) is 4.79 Å². The lowest BCUT2D eigenvalue weighted by atomic mass is 10.2. The van der Waals surface area contributed by atoms with E-state index < -0.39 is 11.8 Å². The topological polar surface area (TPSA) is 81.4 Å². The number of anilines is 1. The van der Waals surface area contributed by atoms with Crippen LogP contribution in [0, 0.1) is 0 Å². The van der Waals surface area contributed by atoms with Gasteiger partial charge in [0, 0.05) is 5.56 Å². The van der Waals surface area contributed by atoms with Crippen LogP contribution in [0.25, 0.3) is 0 Å². The Bertz CT molecular complexity index is 688. The molecule has 2 aromatic rings. The molecule has 0 fully saturated rings. The first-order chi connectivity index (χ1) is 9.97. The van der Waals surface area contributed by atoms with Gasteiger partial charge in [-0.25, -0.2) is 0 Å². The van der Waals surface area contributed by atoms with Gasteiger partial charge in [0.05, 0.1) is 10.7 Å². The van der Waals surface area contributed by atoms with Crippen LogP contribution in [0.3, 0.4) is 0 Å². The van der Waals surface area contributed by atoms with E-state index in [-0.39, 0.29) is 17.9 Å². The number of primary amides is 1. The highest BCUT2D eigenvalue weighted by molar-refractivity contribution is 7.14. The normalized spacial score (nSPS) is 10.2. The number of halogens is 2. The van der Waals surface area contributed by atoms with Gasteiger partial charge in [0.25, 0.3) is 5.91 Å². The van der Waals surface area contributed by atoms with Crippen LogP contribution in [0.2, 0.25) is 9.36 Å². The highest BCUT2D eigenvalue weighted by Gasteiger charge is 2.11. The van der Waals surface area contributed by atoms with Crippen molar-refractivity contribution in [2.45, 2.75) is 0 Å². The molecule has 0 atom stereocenters. The Balaban J connectivity index is 2.01. The minimum atomic E-state index is -0.608. The molecule has 5 nitrogen and oxygen atoms in total. The van der Waals surface area contributed by atoms with Crippen molar-refractivity contribution in [2.24, 2.45) is 5.73 Å². The molecule has 0 spiro atoms. The first-order valence-corrected chi connectivity index (χ1v) is 7.36. The van der Waals surface area contributed by atoms with Crippen LogP contribution in [0.4, 0.5) is 5.69 Å². The Kier molecular flexibility index (Phi) is 5.06. The largest absolute Gasteiger partial charge is 0.481 e. The second-order valence-electron chi connectivity index (χ2n) is 3.95. The summed E-state index contributed by atoms with van der Waals surface area (Å²) in [6.45, 7) is -0.229. The molecule has 2 amide bonds. The van der Waals surface area contributed by atoms with Crippen LogP contribution in [0.5, 0.6) is 5.75 Å². The third kappa shape index (κ3) is 4.10. The lowest BCUT2D eigenvalue weighted by molar-refractivity contribution is -0.118. The van der Waals surface area contributed by atoms with E-state index in [1.165, 1.54) is 29.5 Å². The van der Waals surface area contributed by atoms with Crippen molar-refractivity contribution in [3.05, 3.63) is 44.6 Å². The predicted molar refractivity (Wildman–Crippen MR) is 83.4 cm³/mol. The van der Waals surface area contributed by atoms with Gasteiger partial charge in [-0.2, -0.15) is 0 Å². The maximum Gasteiger partial charge on any atom is 0.262 e. The van der Waals surface area contributed by atoms with Crippen molar-refractivity contribution in [1.29, 1.82) is 0 Å². The number of benzene rings is 1. The van der Waals surface area contributed by atoms with E-state index in [4.69, 9.17) is 33.7 Å². The van der Waals surface area contributed by atoms with Crippen LogP contribution in [-0.4, -0.2) is 18.4 Å². The average molecular weight is 345 g/mol. The number of nitrogens with two attached hydrogens (primary N) is 1. The maximum absolute atomic E-state index is 11.8. The molecule has 8 heteroatoms. The molecular weight excluding hydrogens is 335 g/mol. The average Bonchev–Trinajstić information content (AvgIpc) is 2.84. The molecule has 1 aromatic heterocycles. The quantitative estimate of drug-likeness (QED) is 0.873. The summed E-state index contributed by atoms with van der Waals surface area (Å²) in [5, 5.41) is 4.59. The van der Waals surface area contributed by atoms with Crippen LogP contribution < -0.4 is 15.8 Å². The molecule has 21 heavy (non-hydrogen) atoms. The van der Waals surface area contributed by atoms with E-state index >= 15 is 0 Å². The molecule has 0 saturated heterocycles. The van der Waals surface area contributed by atoms with E-state index in [1.807, 2.05) is 0 Å². The van der Waals surface area contributed by atoms with Crippen LogP contribution >= 0.6 is 34.5 Å². The Labute approximate surface area is 134 Å². The molecule has 3 N–H and O–H groups in total. The highest BCUT2D eigenvalue weighted by atomic mass is 35.5. The fourth-order valence-electron chi connectivity index (χ4n) is 1.49. The van der Waals surface area contributed by atoms with Gasteiger partial charge >= 0.3 is 0 Å². The monoisotopic (exact) mass is 344 g/mol. The summed E-state index contributed by atoms with van der Waals surface area (Å²) in [7, 11) is 0. The number of hydrogen-bond donors (Lipinski definition) is 2. The summed E-state index contributed by atoms with van der Waals surface area (Å²) in [6.07, 6.45) is 0. The van der Waals surface area contributed by atoms with Gasteiger partial charge in [0.1, 0.15) is 10.1 Å². The molecule has 1 heterocycles. The van der Waals surface area contributed by atoms with Crippen molar-refractivity contribution in [2.75, 3.05) is 11.9 Å². The third-order valence-electron chi connectivity index (χ3n) is 2.47. The molecule has 0 bridgehead atoms. The summed E-state index contributed by atoms with van der Waals surface area (Å²) in [6, 6.07) is 6.02. The number of thiophene rings is 1. The molecule has 0 aliphatic rings. The van der Waals surface area contributed by atoms with Crippen molar-refractivity contribution in [3.63, 3.8) is 0 Å². The SMILES string of the molecule is NC(=O)c1ccc(Cl)c(NC(=O)COc2ccsc2Cl)c1. The summed E-state index contributed by atoms with van der Waals surface area (Å²) in [5.74, 6) is -0.599. The Hall–Kier alpha value is -1.76. The first-order valence-electron chi connectivity index (χ1n) is 5.72. The van der Waals surface area contributed by atoms with E-state index in [0.29, 0.717) is 15.1 Å². The Morgan fingerprint density at radius 3 is 2.67 bits per heavy atom. The lowest BCUT2D eigenvalue weighted by Gasteiger charge is -2.09. The number of carbonyl (C=O) groups is 2. The first kappa shape index (κ1) is 15.6. The Morgan fingerprint density at radius 2 is 2.05 bits per heavy atom. The zero-order chi connectivity index (χ0) is 15.4. The minimum absolute atomic E-state index is 0.229. The number of nitrogens with one attached hydrogen (secondary N) is 1. The molecule has 1 aromatic carbocycles. The van der Waals surface area contributed by atoms with Crippen LogP contribution in [0.1, 0.15) is 10.4 Å². The van der Waals surface area contributed by atoms with Gasteiger partial charge in [0.15, 0.2) is 6.61 Å². The number of amides is 2. The molecular formula is C13H10Cl2N2O3S. The van der Waals surface area contributed by atoms with E-state index in [9.17, 15) is 9.59 Å². The number of ether oxygens (including phenoxy) is 1. The second kappa shape index (κ2) is 6.80. The maximum atomic E-state index is 11.8. The molecule has 2 rings (SSSR count). The number of rotatable bonds is 5. The summed E-state index contributed by atoms with van der Waals surface area (Å²) < 4.78 is 5.73. The van der Waals surface area contributed by atoms with Crippen molar-refractivity contribution in [3.8, 4) is 5.75 Å². The summed E-state index contributed by atoms with van der Waals surface area (Å²) >= 11 is 13.1. The van der Waals surface area contributed by atoms with E-state index in [1.54, 1.807) is 11.4 Å². The predicted octanol–water partition coefficient (Wildman–Crippen LogP) is 3.17. The minimum Gasteiger partial charge on any atom is -0.481 e. The molecule has 0 unspecified atom stereocenters. The van der Waals surface area contributed by atoms with Gasteiger partial charge in [0.2, 0.25) is 5.91 Å². The van der Waals surface area contributed by atoms with Gasteiger partial charge in [-0.15, -0.1) is 11.3 Å². The fourth-order valence-corrected chi connectivity index (χ4v) is 2.48. The Morgan fingerprint density at radius 1 is 1.29 bits per heavy atom. The summed E-state index contributed by atoms with van der Waals surface area (Å²) in [4.78, 5) is 22.9. The second-order valence-corrected chi connectivity index (χ2v) is 5.88. The number of carbonyl (C=O) groups excluding carboxylic acids is 2. The third-order valence-corrected chi connectivity index (χ3v) is 3.93. The van der Waals surface area contributed by atoms with Crippen molar-refractivity contribution in [1.82, 2.24) is 0 Å². The van der Waals surface area contributed by atoms with E-state index in [2.05, 4.69) is 5.32 Å². The van der Waals surface area contributed by atoms with Gasteiger partial charge < -0.3 is 15.8 Å². The summed E-state index contributed by atoms with van der Waals surface area (Å²) in [5.41, 5.74) is 5.71. The zero-order valence-corrected chi connectivity index (χ0v) is 12.9. The van der Waals surface area contributed by atoms with Crippen molar-refractivity contribution >= 4 is 52.0 Å². The lowest BCUT2D eigenvalue weighted by Crippen LogP contribution is -2.21. The van der Waals surface area contributed by atoms with Crippen LogP contribution in [0.15, 0.2) is 29.6 Å². The molecule has 110 valence electrons. The number of hydrogen-bond acceptors (Lipinski definition) is 4. The standard InChI is InChI=1S/C13H10Cl2N2O3S/c14-8-2-1-7(13(16)19)5-9(8)17-11(18)6-20-10-3-4-21-12(10)15/h1-5H,6H2,(H2,16,19)(H,17,18). The highest BCUT2D eigenvalue weighted by Crippen LogP contribution is 2.30. The van der Waals surface area contributed by atoms with Crippen molar-refractivity contribution < 1.29 is 14.3 Å². The molecule has 0 saturated carbocycles. The van der Waals surface area contributed by atoms with E-state index in [0.717, 1.165) is 0 Å². The van der Waals surface area contributed by atoms with Gasteiger partial charge in [-0.3, -0.25) is 9.59 Å².